The summed E-state index contributed by atoms with van der Waals surface area (Å²) >= 11 is 0. The third-order valence-corrected chi connectivity index (χ3v) is 4.99. The molecule has 2 rings (SSSR count). The average molecular weight is 304 g/mol. The van der Waals surface area contributed by atoms with E-state index in [1.165, 1.54) is 20.0 Å². The first kappa shape index (κ1) is 16.9. The third-order valence-electron chi connectivity index (χ3n) is 4.99. The van der Waals surface area contributed by atoms with Gasteiger partial charge in [0.15, 0.2) is 0 Å². The Morgan fingerprint density at radius 1 is 1.05 bits per heavy atom. The van der Waals surface area contributed by atoms with Crippen LogP contribution in [0.25, 0.3) is 0 Å². The molecule has 22 heavy (non-hydrogen) atoms. The number of aryl methyl sites for hydroxylation is 2. The Bertz CT molecular complexity index is 530. The molecule has 1 aliphatic carbocycles. The van der Waals surface area contributed by atoms with E-state index in [0.717, 1.165) is 36.0 Å². The summed E-state index contributed by atoms with van der Waals surface area (Å²) in [5.41, 5.74) is 2.35. The van der Waals surface area contributed by atoms with Gasteiger partial charge in [-0.05, 0) is 50.9 Å². The SMILES string of the molecule is COC(=O)c1c(C)nc([C@H]2CC[C@H](C(C)(C)C)CC2)nc1C. The minimum Gasteiger partial charge on any atom is -0.465 e. The number of methoxy groups -OCH3 is 1. The normalized spacial score (nSPS) is 22.5. The van der Waals surface area contributed by atoms with Crippen molar-refractivity contribution in [1.29, 1.82) is 0 Å². The number of aromatic nitrogens is 2. The van der Waals surface area contributed by atoms with Gasteiger partial charge >= 0.3 is 5.97 Å². The van der Waals surface area contributed by atoms with Gasteiger partial charge in [0.1, 0.15) is 11.4 Å². The van der Waals surface area contributed by atoms with Gasteiger partial charge in [0, 0.05) is 5.92 Å². The molecular weight excluding hydrogens is 276 g/mol. The van der Waals surface area contributed by atoms with Gasteiger partial charge in [-0.1, -0.05) is 20.8 Å². The second-order valence-corrected chi connectivity index (χ2v) is 7.53. The molecule has 0 aliphatic heterocycles. The molecule has 0 radical (unpaired) electrons. The molecule has 0 bridgehead atoms. The second-order valence-electron chi connectivity index (χ2n) is 7.53. The molecule has 1 aromatic rings. The summed E-state index contributed by atoms with van der Waals surface area (Å²) in [5.74, 6) is 1.75. The van der Waals surface area contributed by atoms with E-state index in [1.54, 1.807) is 0 Å². The fraction of sp³-hybridized carbons (Fsp3) is 0.722. The first-order valence-corrected chi connectivity index (χ1v) is 8.17. The summed E-state index contributed by atoms with van der Waals surface area (Å²) in [6.45, 7) is 10.7. The molecule has 1 fully saturated rings. The van der Waals surface area contributed by atoms with E-state index in [4.69, 9.17) is 4.74 Å². The molecule has 0 spiro atoms. The molecule has 1 aliphatic rings. The van der Waals surface area contributed by atoms with Crippen LogP contribution in [0.2, 0.25) is 0 Å². The van der Waals surface area contributed by atoms with Crippen LogP contribution in [0, 0.1) is 25.2 Å². The number of nitrogens with zero attached hydrogens (tertiary/aromatic N) is 2. The zero-order valence-corrected chi connectivity index (χ0v) is 14.7. The molecule has 1 saturated carbocycles. The van der Waals surface area contributed by atoms with Crippen molar-refractivity contribution in [1.82, 2.24) is 9.97 Å². The van der Waals surface area contributed by atoms with Gasteiger partial charge in [-0.25, -0.2) is 14.8 Å². The number of hydrogen-bond acceptors (Lipinski definition) is 4. The van der Waals surface area contributed by atoms with Crippen molar-refractivity contribution < 1.29 is 9.53 Å². The molecule has 1 heterocycles. The van der Waals surface area contributed by atoms with Crippen LogP contribution < -0.4 is 0 Å². The van der Waals surface area contributed by atoms with Crippen LogP contribution in [0.15, 0.2) is 0 Å². The number of rotatable bonds is 2. The Hall–Kier alpha value is -1.45. The molecule has 4 heteroatoms. The molecule has 0 atom stereocenters. The predicted octanol–water partition coefficient (Wildman–Crippen LogP) is 4.20. The molecule has 0 N–H and O–H groups in total. The van der Waals surface area contributed by atoms with Crippen LogP contribution in [-0.2, 0) is 4.74 Å². The Balaban J connectivity index is 2.17. The third kappa shape index (κ3) is 3.47. The molecular formula is C18H28N2O2. The molecule has 4 nitrogen and oxygen atoms in total. The highest BCUT2D eigenvalue weighted by Gasteiger charge is 2.31. The molecule has 0 saturated heterocycles. The van der Waals surface area contributed by atoms with E-state index in [2.05, 4.69) is 30.7 Å². The van der Waals surface area contributed by atoms with Crippen molar-refractivity contribution in [3.05, 3.63) is 22.8 Å². The summed E-state index contributed by atoms with van der Waals surface area (Å²) in [7, 11) is 1.39. The Kier molecular flexibility index (Phi) is 4.88. The maximum atomic E-state index is 11.8. The Morgan fingerprint density at radius 2 is 1.55 bits per heavy atom. The van der Waals surface area contributed by atoms with Gasteiger partial charge < -0.3 is 4.74 Å². The highest BCUT2D eigenvalue weighted by atomic mass is 16.5. The van der Waals surface area contributed by atoms with Gasteiger partial charge in [-0.3, -0.25) is 0 Å². The van der Waals surface area contributed by atoms with Crippen LogP contribution in [0.3, 0.4) is 0 Å². The lowest BCUT2D eigenvalue weighted by atomic mass is 9.69. The number of carbonyl (C=O) groups is 1. The Labute approximate surface area is 133 Å². The number of carbonyl (C=O) groups excluding carboxylic acids is 1. The van der Waals surface area contributed by atoms with E-state index >= 15 is 0 Å². The molecule has 0 amide bonds. The standard InChI is InChI=1S/C18H28N2O2/c1-11-15(17(21)22-6)12(2)20-16(19-11)13-7-9-14(10-8-13)18(3,4)5/h13-14H,7-10H2,1-6H3/t13-,14-. The van der Waals surface area contributed by atoms with Crippen molar-refractivity contribution in [3.8, 4) is 0 Å². The van der Waals surface area contributed by atoms with Gasteiger partial charge in [0.25, 0.3) is 0 Å². The maximum Gasteiger partial charge on any atom is 0.341 e. The molecule has 1 aromatic heterocycles. The largest absolute Gasteiger partial charge is 0.465 e. The number of ether oxygens (including phenoxy) is 1. The monoisotopic (exact) mass is 304 g/mol. The topological polar surface area (TPSA) is 52.1 Å². The van der Waals surface area contributed by atoms with Gasteiger partial charge in [0.2, 0.25) is 0 Å². The first-order valence-electron chi connectivity index (χ1n) is 8.17. The summed E-state index contributed by atoms with van der Waals surface area (Å²) < 4.78 is 4.82. The van der Waals surface area contributed by atoms with Crippen molar-refractivity contribution in [2.24, 2.45) is 11.3 Å². The zero-order valence-electron chi connectivity index (χ0n) is 14.7. The fourth-order valence-corrected chi connectivity index (χ4v) is 3.54. The predicted molar refractivity (Wildman–Crippen MR) is 87.0 cm³/mol. The Morgan fingerprint density at radius 3 is 1.95 bits per heavy atom. The van der Waals surface area contributed by atoms with E-state index in [0.29, 0.717) is 16.9 Å². The van der Waals surface area contributed by atoms with Gasteiger partial charge in [-0.2, -0.15) is 0 Å². The zero-order chi connectivity index (χ0) is 16.5. The van der Waals surface area contributed by atoms with E-state index < -0.39 is 0 Å². The van der Waals surface area contributed by atoms with Crippen LogP contribution in [0.4, 0.5) is 0 Å². The summed E-state index contributed by atoms with van der Waals surface area (Å²) in [5, 5.41) is 0. The van der Waals surface area contributed by atoms with Crippen LogP contribution in [-0.4, -0.2) is 23.0 Å². The average Bonchev–Trinajstić information content (AvgIpc) is 2.45. The number of esters is 1. The van der Waals surface area contributed by atoms with E-state index in [-0.39, 0.29) is 5.97 Å². The lowest BCUT2D eigenvalue weighted by Crippen LogP contribution is -2.26. The summed E-state index contributed by atoms with van der Waals surface area (Å²) in [6.07, 6.45) is 4.74. The molecule has 0 unspecified atom stereocenters. The van der Waals surface area contributed by atoms with Crippen molar-refractivity contribution >= 4 is 5.97 Å². The second kappa shape index (κ2) is 6.35. The fourth-order valence-electron chi connectivity index (χ4n) is 3.54. The van der Waals surface area contributed by atoms with Crippen LogP contribution in [0.1, 0.15) is 79.9 Å². The maximum absolute atomic E-state index is 11.8. The van der Waals surface area contributed by atoms with Crippen molar-refractivity contribution in [2.75, 3.05) is 7.11 Å². The van der Waals surface area contributed by atoms with Crippen molar-refractivity contribution in [3.63, 3.8) is 0 Å². The highest BCUT2D eigenvalue weighted by molar-refractivity contribution is 5.91. The van der Waals surface area contributed by atoms with Crippen LogP contribution in [0.5, 0.6) is 0 Å². The highest BCUT2D eigenvalue weighted by Crippen LogP contribution is 2.42. The lowest BCUT2D eigenvalue weighted by Gasteiger charge is -2.36. The minimum atomic E-state index is -0.349. The minimum absolute atomic E-state index is 0.349. The van der Waals surface area contributed by atoms with Crippen molar-refractivity contribution in [2.45, 2.75) is 66.2 Å². The smallest absolute Gasteiger partial charge is 0.341 e. The molecule has 0 aromatic carbocycles. The van der Waals surface area contributed by atoms with Crippen LogP contribution >= 0.6 is 0 Å². The first-order chi connectivity index (χ1) is 10.2. The van der Waals surface area contributed by atoms with E-state index in [1.807, 2.05) is 13.8 Å². The summed E-state index contributed by atoms with van der Waals surface area (Å²) in [4.78, 5) is 21.0. The lowest BCUT2D eigenvalue weighted by molar-refractivity contribution is 0.0597. The van der Waals surface area contributed by atoms with E-state index in [9.17, 15) is 4.79 Å². The molecule has 122 valence electrons. The quantitative estimate of drug-likeness (QED) is 0.768. The van der Waals surface area contributed by atoms with Gasteiger partial charge in [-0.15, -0.1) is 0 Å². The van der Waals surface area contributed by atoms with Gasteiger partial charge in [0.05, 0.1) is 18.5 Å². The number of hydrogen-bond donors (Lipinski definition) is 0. The summed E-state index contributed by atoms with van der Waals surface area (Å²) in [6, 6.07) is 0.